The predicted molar refractivity (Wildman–Crippen MR) is 101 cm³/mol. The van der Waals surface area contributed by atoms with Crippen molar-refractivity contribution >= 4 is 16.7 Å². The van der Waals surface area contributed by atoms with Crippen LogP contribution >= 0.6 is 0 Å². The van der Waals surface area contributed by atoms with E-state index in [0.717, 1.165) is 40.7 Å². The molecule has 0 N–H and O–H groups in total. The molecule has 0 spiro atoms. The second-order valence-electron chi connectivity index (χ2n) is 7.16. The first-order valence-corrected chi connectivity index (χ1v) is 8.80. The third-order valence-corrected chi connectivity index (χ3v) is 5.35. The normalized spacial score (nSPS) is 19.6. The number of rotatable bonds is 2. The summed E-state index contributed by atoms with van der Waals surface area (Å²) in [6.07, 6.45) is 1.92. The second kappa shape index (κ2) is 5.73. The molecule has 1 aromatic heterocycles. The van der Waals surface area contributed by atoms with Crippen molar-refractivity contribution in [3.8, 4) is 0 Å². The second-order valence-corrected chi connectivity index (χ2v) is 7.16. The molecule has 4 rings (SSSR count). The quantitative estimate of drug-likeness (QED) is 0.707. The summed E-state index contributed by atoms with van der Waals surface area (Å²) in [7, 11) is 0. The molecule has 4 heteroatoms. The van der Waals surface area contributed by atoms with Crippen molar-refractivity contribution in [2.24, 2.45) is 4.99 Å². The minimum Gasteiger partial charge on any atom is -0.274 e. The molecule has 2 aromatic carbocycles. The van der Waals surface area contributed by atoms with Gasteiger partial charge < -0.3 is 0 Å². The Kier molecular flexibility index (Phi) is 3.64. The van der Waals surface area contributed by atoms with Gasteiger partial charge in [0.25, 0.3) is 0 Å². The molecule has 0 aliphatic carbocycles. The molecule has 126 valence electrons. The molecule has 1 atom stereocenters. The van der Waals surface area contributed by atoms with Gasteiger partial charge in [-0.15, -0.1) is 10.2 Å². The average molecular weight is 330 g/mol. The van der Waals surface area contributed by atoms with Gasteiger partial charge in [0, 0.05) is 5.56 Å². The molecule has 0 saturated carbocycles. The summed E-state index contributed by atoms with van der Waals surface area (Å²) >= 11 is 0. The molecule has 3 aromatic rings. The van der Waals surface area contributed by atoms with E-state index in [2.05, 4.69) is 62.2 Å². The molecule has 1 aliphatic heterocycles. The Morgan fingerprint density at radius 3 is 2.64 bits per heavy atom. The Balaban J connectivity index is 1.95. The van der Waals surface area contributed by atoms with Gasteiger partial charge in [0.05, 0.1) is 11.1 Å². The van der Waals surface area contributed by atoms with Crippen LogP contribution in [0.5, 0.6) is 0 Å². The smallest absolute Gasteiger partial charge is 0.201 e. The maximum absolute atomic E-state index is 5.05. The maximum atomic E-state index is 5.05. The van der Waals surface area contributed by atoms with Crippen LogP contribution in [0.3, 0.4) is 0 Å². The minimum absolute atomic E-state index is 0.121. The summed E-state index contributed by atoms with van der Waals surface area (Å²) in [4.78, 5) is 9.91. The van der Waals surface area contributed by atoms with Crippen molar-refractivity contribution in [1.82, 2.24) is 15.2 Å². The van der Waals surface area contributed by atoms with Gasteiger partial charge in [-0.2, -0.15) is 0 Å². The zero-order valence-electron chi connectivity index (χ0n) is 15.2. The van der Waals surface area contributed by atoms with Crippen molar-refractivity contribution in [3.63, 3.8) is 0 Å². The fourth-order valence-corrected chi connectivity index (χ4v) is 3.40. The molecule has 1 aliphatic rings. The van der Waals surface area contributed by atoms with Crippen LogP contribution in [0, 0.1) is 13.8 Å². The highest BCUT2D eigenvalue weighted by Crippen LogP contribution is 2.31. The summed E-state index contributed by atoms with van der Waals surface area (Å²) in [6.45, 7) is 8.57. The van der Waals surface area contributed by atoms with Crippen molar-refractivity contribution in [3.05, 3.63) is 64.5 Å². The molecule has 0 fully saturated rings. The molecule has 0 bridgehead atoms. The number of hydrogen-bond acceptors (Lipinski definition) is 4. The van der Waals surface area contributed by atoms with Crippen molar-refractivity contribution in [1.29, 1.82) is 0 Å². The molecule has 1 unspecified atom stereocenters. The number of aryl methyl sites for hydroxylation is 2. The Labute approximate surface area is 148 Å². The van der Waals surface area contributed by atoms with Gasteiger partial charge >= 0.3 is 0 Å². The largest absolute Gasteiger partial charge is 0.274 e. The van der Waals surface area contributed by atoms with Crippen molar-refractivity contribution in [2.45, 2.75) is 46.1 Å². The van der Waals surface area contributed by atoms with Gasteiger partial charge in [-0.05, 0) is 56.4 Å². The molecular weight excluding hydrogens is 308 g/mol. The fourth-order valence-electron chi connectivity index (χ4n) is 3.40. The van der Waals surface area contributed by atoms with E-state index in [1.54, 1.807) is 0 Å². The van der Waals surface area contributed by atoms with Crippen molar-refractivity contribution in [2.75, 3.05) is 0 Å². The SMILES string of the molecule is CCC1(C)Cc2ccccc2C(c2nnc3ccc(C)c(C)c3n2)=N1. The molecule has 0 radical (unpaired) electrons. The number of aliphatic imine (C=N–C) groups is 1. The van der Waals surface area contributed by atoms with Gasteiger partial charge in [-0.25, -0.2) is 4.98 Å². The molecule has 25 heavy (non-hydrogen) atoms. The van der Waals surface area contributed by atoms with Crippen LogP contribution < -0.4 is 0 Å². The lowest BCUT2D eigenvalue weighted by Gasteiger charge is -2.31. The van der Waals surface area contributed by atoms with Crippen LogP contribution in [0.15, 0.2) is 41.4 Å². The summed E-state index contributed by atoms with van der Waals surface area (Å²) in [6, 6.07) is 12.5. The van der Waals surface area contributed by atoms with Gasteiger partial charge in [-0.3, -0.25) is 4.99 Å². The third kappa shape index (κ3) is 2.62. The Morgan fingerprint density at radius 2 is 1.84 bits per heavy atom. The topological polar surface area (TPSA) is 51.0 Å². The zero-order valence-corrected chi connectivity index (χ0v) is 15.2. The highest BCUT2D eigenvalue weighted by molar-refractivity contribution is 6.12. The van der Waals surface area contributed by atoms with Gasteiger partial charge in [0.15, 0.2) is 0 Å². The lowest BCUT2D eigenvalue weighted by molar-refractivity contribution is 0.447. The van der Waals surface area contributed by atoms with E-state index in [-0.39, 0.29) is 5.54 Å². The summed E-state index contributed by atoms with van der Waals surface area (Å²) in [5.74, 6) is 0.619. The maximum Gasteiger partial charge on any atom is 0.201 e. The summed E-state index contributed by atoms with van der Waals surface area (Å²) in [5, 5.41) is 8.82. The van der Waals surface area contributed by atoms with Crippen LogP contribution in [0.2, 0.25) is 0 Å². The number of hydrogen-bond donors (Lipinski definition) is 0. The van der Waals surface area contributed by atoms with Crippen LogP contribution in [0.4, 0.5) is 0 Å². The van der Waals surface area contributed by atoms with E-state index < -0.39 is 0 Å². The first-order valence-electron chi connectivity index (χ1n) is 8.80. The number of nitrogens with zero attached hydrogens (tertiary/aromatic N) is 4. The monoisotopic (exact) mass is 330 g/mol. The molecular formula is C21H22N4. The Bertz CT molecular complexity index is 1010. The molecule has 4 nitrogen and oxygen atoms in total. The average Bonchev–Trinajstić information content (AvgIpc) is 2.64. The highest BCUT2D eigenvalue weighted by atomic mass is 15.2. The van der Waals surface area contributed by atoms with E-state index in [4.69, 9.17) is 9.98 Å². The van der Waals surface area contributed by atoms with E-state index in [9.17, 15) is 0 Å². The Hall–Kier alpha value is -2.62. The van der Waals surface area contributed by atoms with Gasteiger partial charge in [-0.1, -0.05) is 37.3 Å². The predicted octanol–water partition coefficient (Wildman–Crippen LogP) is 4.20. The van der Waals surface area contributed by atoms with Crippen LogP contribution in [0.1, 0.15) is 48.3 Å². The van der Waals surface area contributed by atoms with E-state index >= 15 is 0 Å². The zero-order chi connectivity index (χ0) is 17.6. The molecule has 0 amide bonds. The van der Waals surface area contributed by atoms with Gasteiger partial charge in [0.1, 0.15) is 11.2 Å². The van der Waals surface area contributed by atoms with E-state index in [0.29, 0.717) is 5.82 Å². The van der Waals surface area contributed by atoms with Gasteiger partial charge in [0.2, 0.25) is 5.82 Å². The Morgan fingerprint density at radius 1 is 1.04 bits per heavy atom. The first kappa shape index (κ1) is 15.9. The van der Waals surface area contributed by atoms with Crippen LogP contribution in [-0.4, -0.2) is 26.4 Å². The lowest BCUT2D eigenvalue weighted by Crippen LogP contribution is -2.32. The standard InChI is InChI=1S/C21H22N4/c1-5-21(4)12-15-8-6-7-9-16(15)19(23-21)20-22-18-14(3)13(2)10-11-17(18)24-25-20/h6-11H,5,12H2,1-4H3. The first-order chi connectivity index (χ1) is 12.0. The third-order valence-electron chi connectivity index (χ3n) is 5.35. The molecule has 2 heterocycles. The summed E-state index contributed by atoms with van der Waals surface area (Å²) in [5.41, 5.74) is 7.27. The van der Waals surface area contributed by atoms with E-state index in [1.807, 2.05) is 12.1 Å². The van der Waals surface area contributed by atoms with Crippen LogP contribution in [-0.2, 0) is 6.42 Å². The highest BCUT2D eigenvalue weighted by Gasteiger charge is 2.31. The van der Waals surface area contributed by atoms with E-state index in [1.165, 1.54) is 11.1 Å². The van der Waals surface area contributed by atoms with Crippen molar-refractivity contribution < 1.29 is 0 Å². The number of fused-ring (bicyclic) bond motifs is 2. The lowest BCUT2D eigenvalue weighted by atomic mass is 9.84. The fraction of sp³-hybridized carbons (Fsp3) is 0.333. The minimum atomic E-state index is -0.121. The van der Waals surface area contributed by atoms with Crippen LogP contribution in [0.25, 0.3) is 11.0 Å². The number of benzene rings is 2. The number of aromatic nitrogens is 3. The molecule has 0 saturated heterocycles. The summed E-state index contributed by atoms with van der Waals surface area (Å²) < 4.78 is 0.